The van der Waals surface area contributed by atoms with E-state index in [2.05, 4.69) is 5.32 Å². The third-order valence-electron chi connectivity index (χ3n) is 5.23. The molecule has 1 atom stereocenters. The second kappa shape index (κ2) is 10.9. The largest absolute Gasteiger partial charge is 0.452 e. The molecule has 2 N–H and O–H groups in total. The van der Waals surface area contributed by atoms with Crippen LogP contribution in [0.25, 0.3) is 0 Å². The van der Waals surface area contributed by atoms with Gasteiger partial charge in [-0.3, -0.25) is 9.59 Å². The SMILES string of the molecule is CN(C=O)C1=C(C(=O)N(C)CCO)N(Cc2ccc(Cl)cc2)C(Oc2cccc(C(F)(F)F)c2)N1. The first-order valence-corrected chi connectivity index (χ1v) is 10.8. The van der Waals surface area contributed by atoms with Crippen molar-refractivity contribution in [3.05, 3.63) is 76.2 Å². The standard InChI is InChI=1S/C23H24ClF3N4O4/c1-29(10-11-32)21(34)19-20(30(2)14-33)28-22(31(19)13-15-6-8-17(24)9-7-15)35-18-5-3-4-16(12-18)23(25,26)27/h3-9,12,14,22,28,32H,10-11,13H2,1-2H3. The molecule has 8 nitrogen and oxygen atoms in total. The average molecular weight is 513 g/mol. The Morgan fingerprint density at radius 2 is 1.91 bits per heavy atom. The third-order valence-corrected chi connectivity index (χ3v) is 5.48. The van der Waals surface area contributed by atoms with E-state index in [1.807, 2.05) is 0 Å². The molecule has 2 amide bonds. The summed E-state index contributed by atoms with van der Waals surface area (Å²) < 4.78 is 45.5. The van der Waals surface area contributed by atoms with Crippen LogP contribution in [0.5, 0.6) is 5.75 Å². The fourth-order valence-corrected chi connectivity index (χ4v) is 3.54. The van der Waals surface area contributed by atoms with Crippen molar-refractivity contribution in [1.82, 2.24) is 20.0 Å². The van der Waals surface area contributed by atoms with Crippen LogP contribution in [0.2, 0.25) is 5.02 Å². The molecule has 1 aliphatic rings. The van der Waals surface area contributed by atoms with Crippen LogP contribution in [-0.4, -0.2) is 65.7 Å². The van der Waals surface area contributed by atoms with Crippen LogP contribution < -0.4 is 10.1 Å². The molecular weight excluding hydrogens is 489 g/mol. The highest BCUT2D eigenvalue weighted by molar-refractivity contribution is 6.30. The monoisotopic (exact) mass is 512 g/mol. The number of benzene rings is 2. The van der Waals surface area contributed by atoms with Gasteiger partial charge in [0.05, 0.1) is 12.2 Å². The van der Waals surface area contributed by atoms with Gasteiger partial charge in [0.1, 0.15) is 17.3 Å². The Morgan fingerprint density at radius 3 is 2.51 bits per heavy atom. The number of hydrogen-bond acceptors (Lipinski definition) is 6. The number of aliphatic hydroxyl groups is 1. The van der Waals surface area contributed by atoms with E-state index in [0.29, 0.717) is 11.4 Å². The minimum absolute atomic E-state index is 0.0222. The van der Waals surface area contributed by atoms with E-state index in [0.717, 1.165) is 22.6 Å². The van der Waals surface area contributed by atoms with Gasteiger partial charge in [-0.2, -0.15) is 13.2 Å². The maximum Gasteiger partial charge on any atom is 0.416 e. The second-order valence-corrected chi connectivity index (χ2v) is 8.19. The van der Waals surface area contributed by atoms with Crippen molar-refractivity contribution >= 4 is 23.9 Å². The lowest BCUT2D eigenvalue weighted by atomic mass is 10.2. The third kappa shape index (κ3) is 6.17. The van der Waals surface area contributed by atoms with E-state index in [1.54, 1.807) is 24.3 Å². The van der Waals surface area contributed by atoms with Crippen LogP contribution in [0.4, 0.5) is 13.2 Å². The normalized spacial score (nSPS) is 15.6. The molecule has 1 aliphatic heterocycles. The van der Waals surface area contributed by atoms with E-state index in [4.69, 9.17) is 16.3 Å². The summed E-state index contributed by atoms with van der Waals surface area (Å²) in [6.07, 6.45) is -5.22. The summed E-state index contributed by atoms with van der Waals surface area (Å²) in [5.74, 6) is -0.524. The number of hydrogen-bond donors (Lipinski definition) is 2. The molecular formula is C23H24ClF3N4O4. The Labute approximate surface area is 205 Å². The molecule has 0 fully saturated rings. The number of aliphatic hydroxyl groups excluding tert-OH is 1. The number of nitrogens with one attached hydrogen (secondary N) is 1. The molecule has 0 spiro atoms. The summed E-state index contributed by atoms with van der Waals surface area (Å²) >= 11 is 5.97. The maximum absolute atomic E-state index is 13.3. The lowest BCUT2D eigenvalue weighted by Gasteiger charge is -2.30. The summed E-state index contributed by atoms with van der Waals surface area (Å²) in [6.45, 7) is -0.171. The van der Waals surface area contributed by atoms with Crippen LogP contribution in [0, 0.1) is 0 Å². The maximum atomic E-state index is 13.3. The fourth-order valence-electron chi connectivity index (χ4n) is 3.41. The zero-order valence-corrected chi connectivity index (χ0v) is 19.7. The van der Waals surface area contributed by atoms with Gasteiger partial charge in [0.15, 0.2) is 0 Å². The van der Waals surface area contributed by atoms with E-state index in [9.17, 15) is 27.9 Å². The van der Waals surface area contributed by atoms with Crippen molar-refractivity contribution < 1.29 is 32.6 Å². The number of rotatable bonds is 9. The molecule has 0 saturated carbocycles. The molecule has 3 rings (SSSR count). The van der Waals surface area contributed by atoms with Gasteiger partial charge in [-0.1, -0.05) is 29.8 Å². The lowest BCUT2D eigenvalue weighted by molar-refractivity contribution is -0.137. The number of carbonyl (C=O) groups is 2. The van der Waals surface area contributed by atoms with Crippen LogP contribution in [0.15, 0.2) is 60.0 Å². The van der Waals surface area contributed by atoms with Crippen molar-refractivity contribution in [3.63, 3.8) is 0 Å². The minimum atomic E-state index is -4.57. The number of carbonyl (C=O) groups excluding carboxylic acids is 2. The summed E-state index contributed by atoms with van der Waals surface area (Å²) in [5.41, 5.74) is -0.129. The second-order valence-electron chi connectivity index (χ2n) is 7.76. The molecule has 35 heavy (non-hydrogen) atoms. The Morgan fingerprint density at radius 1 is 1.23 bits per heavy atom. The van der Waals surface area contributed by atoms with Gasteiger partial charge in [0.25, 0.3) is 12.3 Å². The fraction of sp³-hybridized carbons (Fsp3) is 0.304. The van der Waals surface area contributed by atoms with Crippen LogP contribution in [0.1, 0.15) is 11.1 Å². The Kier molecular flexibility index (Phi) is 8.13. The van der Waals surface area contributed by atoms with Crippen LogP contribution in [0.3, 0.4) is 0 Å². The van der Waals surface area contributed by atoms with Crippen molar-refractivity contribution in [2.24, 2.45) is 0 Å². The highest BCUT2D eigenvalue weighted by Gasteiger charge is 2.40. The van der Waals surface area contributed by atoms with Crippen molar-refractivity contribution in [1.29, 1.82) is 0 Å². The van der Waals surface area contributed by atoms with E-state index >= 15 is 0 Å². The van der Waals surface area contributed by atoms with Gasteiger partial charge in [-0.15, -0.1) is 0 Å². The van der Waals surface area contributed by atoms with Crippen LogP contribution >= 0.6 is 11.6 Å². The van der Waals surface area contributed by atoms with Crippen molar-refractivity contribution in [2.45, 2.75) is 19.1 Å². The van der Waals surface area contributed by atoms with Gasteiger partial charge in [-0.25, -0.2) is 0 Å². The van der Waals surface area contributed by atoms with Gasteiger partial charge in [0, 0.05) is 32.2 Å². The van der Waals surface area contributed by atoms with Gasteiger partial charge in [-0.05, 0) is 35.9 Å². The Bertz CT molecular complexity index is 1090. The molecule has 0 bridgehead atoms. The summed E-state index contributed by atoms with van der Waals surface area (Å²) in [6, 6.07) is 11.1. The topological polar surface area (TPSA) is 85.4 Å². The molecule has 12 heteroatoms. The zero-order valence-electron chi connectivity index (χ0n) is 18.9. The average Bonchev–Trinajstić information content (AvgIpc) is 3.16. The first-order chi connectivity index (χ1) is 16.5. The van der Waals surface area contributed by atoms with Crippen LogP contribution in [-0.2, 0) is 22.3 Å². The highest BCUT2D eigenvalue weighted by atomic mass is 35.5. The number of likely N-dealkylation sites (N-methyl/N-ethyl adjacent to an activating group) is 1. The predicted molar refractivity (Wildman–Crippen MR) is 122 cm³/mol. The van der Waals surface area contributed by atoms with E-state index in [1.165, 1.54) is 36.0 Å². The summed E-state index contributed by atoms with van der Waals surface area (Å²) in [4.78, 5) is 28.8. The lowest BCUT2D eigenvalue weighted by Crippen LogP contribution is -2.44. The van der Waals surface area contributed by atoms with Gasteiger partial charge >= 0.3 is 6.18 Å². The van der Waals surface area contributed by atoms with E-state index < -0.39 is 24.0 Å². The molecule has 2 aromatic rings. The number of ether oxygens (including phenoxy) is 1. The molecule has 188 valence electrons. The quantitative estimate of drug-likeness (QED) is 0.503. The Hall–Kier alpha value is -3.44. The summed E-state index contributed by atoms with van der Waals surface area (Å²) in [7, 11) is 2.90. The molecule has 0 radical (unpaired) electrons. The highest BCUT2D eigenvalue weighted by Crippen LogP contribution is 2.33. The zero-order chi connectivity index (χ0) is 25.8. The number of nitrogens with zero attached hydrogens (tertiary/aromatic N) is 3. The van der Waals surface area contributed by atoms with Gasteiger partial charge < -0.3 is 29.9 Å². The van der Waals surface area contributed by atoms with Crippen molar-refractivity contribution in [3.8, 4) is 5.75 Å². The first-order valence-electron chi connectivity index (χ1n) is 10.5. The smallest absolute Gasteiger partial charge is 0.416 e. The first kappa shape index (κ1) is 26.2. The van der Waals surface area contributed by atoms with Gasteiger partial charge in [0.2, 0.25) is 6.41 Å². The molecule has 0 aromatic heterocycles. The van der Waals surface area contributed by atoms with E-state index in [-0.39, 0.29) is 37.0 Å². The molecule has 1 unspecified atom stereocenters. The van der Waals surface area contributed by atoms with Crippen molar-refractivity contribution in [2.75, 3.05) is 27.2 Å². The number of halogens is 4. The molecule has 1 heterocycles. The predicted octanol–water partition coefficient (Wildman–Crippen LogP) is 2.83. The molecule has 0 saturated heterocycles. The number of alkyl halides is 3. The molecule has 0 aliphatic carbocycles. The summed E-state index contributed by atoms with van der Waals surface area (Å²) in [5, 5.41) is 12.7. The Balaban J connectivity index is 2.03. The minimum Gasteiger partial charge on any atom is -0.452 e. The number of amides is 2. The molecule has 2 aromatic carbocycles.